The van der Waals surface area contributed by atoms with Crippen LogP contribution in [0.5, 0.6) is 0 Å². The van der Waals surface area contributed by atoms with Crippen molar-refractivity contribution in [2.24, 2.45) is 0 Å². The van der Waals surface area contributed by atoms with Crippen LogP contribution in [0.1, 0.15) is 29.3 Å². The number of rotatable bonds is 4. The van der Waals surface area contributed by atoms with Gasteiger partial charge in [-0.1, -0.05) is 29.1 Å². The summed E-state index contributed by atoms with van der Waals surface area (Å²) < 4.78 is 44.5. The number of hydrogen-bond acceptors (Lipinski definition) is 8. The number of halogens is 3. The molecule has 142 valence electrons. The van der Waals surface area contributed by atoms with Crippen LogP contribution < -0.4 is 11.4 Å². The van der Waals surface area contributed by atoms with Crippen LogP contribution in [0.4, 0.5) is 13.2 Å². The third-order valence-electron chi connectivity index (χ3n) is 3.54. The summed E-state index contributed by atoms with van der Waals surface area (Å²) in [6.07, 6.45) is -4.47. The number of nitrogens with zero attached hydrogens (tertiary/aromatic N) is 5. The molecule has 1 unspecified atom stereocenters. The molecular formula is C15H13F3N6O2S. The second-order valence-corrected chi connectivity index (χ2v) is 6.85. The van der Waals surface area contributed by atoms with Gasteiger partial charge in [-0.15, -0.1) is 10.2 Å². The van der Waals surface area contributed by atoms with Gasteiger partial charge in [-0.3, -0.25) is 4.79 Å². The average molecular weight is 398 g/mol. The van der Waals surface area contributed by atoms with E-state index in [9.17, 15) is 18.0 Å². The van der Waals surface area contributed by atoms with Gasteiger partial charge in [-0.05, 0) is 26.0 Å². The van der Waals surface area contributed by atoms with Gasteiger partial charge in [-0.25, -0.2) is 0 Å². The Hall–Kier alpha value is -2.89. The fraction of sp³-hybridized carbons (Fsp3) is 0.267. The quantitative estimate of drug-likeness (QED) is 0.527. The first-order chi connectivity index (χ1) is 12.7. The third kappa shape index (κ3) is 3.94. The van der Waals surface area contributed by atoms with Crippen LogP contribution in [-0.4, -0.2) is 25.0 Å². The van der Waals surface area contributed by atoms with Gasteiger partial charge in [0.05, 0.1) is 10.8 Å². The van der Waals surface area contributed by atoms with E-state index >= 15 is 0 Å². The SMILES string of the molecule is Cc1nnc(SC(C)c2nc(-c3cccc(C(F)(F)F)c3)no2)n(N)c1=O. The van der Waals surface area contributed by atoms with E-state index in [4.69, 9.17) is 10.4 Å². The largest absolute Gasteiger partial charge is 0.416 e. The number of hydrogen-bond donors (Lipinski definition) is 1. The lowest BCUT2D eigenvalue weighted by Crippen LogP contribution is -2.32. The van der Waals surface area contributed by atoms with Gasteiger partial charge >= 0.3 is 6.18 Å². The van der Waals surface area contributed by atoms with Crippen molar-refractivity contribution in [3.63, 3.8) is 0 Å². The predicted octanol–water partition coefficient (Wildman–Crippen LogP) is 2.58. The van der Waals surface area contributed by atoms with E-state index in [-0.39, 0.29) is 28.1 Å². The van der Waals surface area contributed by atoms with E-state index < -0.39 is 22.5 Å². The minimum absolute atomic E-state index is 0.0173. The fourth-order valence-electron chi connectivity index (χ4n) is 2.11. The maximum Gasteiger partial charge on any atom is 0.416 e. The zero-order valence-corrected chi connectivity index (χ0v) is 14.9. The summed E-state index contributed by atoms with van der Waals surface area (Å²) in [6, 6.07) is 4.61. The third-order valence-corrected chi connectivity index (χ3v) is 4.58. The fourth-order valence-corrected chi connectivity index (χ4v) is 2.91. The molecule has 3 rings (SSSR count). The molecule has 0 saturated heterocycles. The first-order valence-electron chi connectivity index (χ1n) is 7.56. The molecule has 3 aromatic rings. The lowest BCUT2D eigenvalue weighted by Gasteiger charge is -2.08. The summed E-state index contributed by atoms with van der Waals surface area (Å²) in [6.45, 7) is 3.18. The average Bonchev–Trinajstić information content (AvgIpc) is 3.12. The zero-order chi connectivity index (χ0) is 19.8. The van der Waals surface area contributed by atoms with Gasteiger partial charge in [0.15, 0.2) is 0 Å². The highest BCUT2D eigenvalue weighted by atomic mass is 32.2. The van der Waals surface area contributed by atoms with Crippen LogP contribution in [0.2, 0.25) is 0 Å². The Kier molecular flexibility index (Phi) is 4.91. The van der Waals surface area contributed by atoms with Crippen LogP contribution in [0.25, 0.3) is 11.4 Å². The van der Waals surface area contributed by atoms with Crippen molar-refractivity contribution in [2.75, 3.05) is 5.84 Å². The van der Waals surface area contributed by atoms with E-state index in [1.165, 1.54) is 19.1 Å². The maximum atomic E-state index is 12.8. The molecule has 27 heavy (non-hydrogen) atoms. The molecule has 1 atom stereocenters. The van der Waals surface area contributed by atoms with E-state index in [0.29, 0.717) is 0 Å². The first kappa shape index (κ1) is 18.9. The number of thioether (sulfide) groups is 1. The Morgan fingerprint density at radius 1 is 1.30 bits per heavy atom. The molecule has 0 aliphatic rings. The zero-order valence-electron chi connectivity index (χ0n) is 14.1. The van der Waals surface area contributed by atoms with Crippen molar-refractivity contribution >= 4 is 11.8 Å². The lowest BCUT2D eigenvalue weighted by atomic mass is 10.1. The van der Waals surface area contributed by atoms with Gasteiger partial charge in [0.2, 0.25) is 16.9 Å². The van der Waals surface area contributed by atoms with Gasteiger partial charge < -0.3 is 10.4 Å². The Morgan fingerprint density at radius 2 is 2.04 bits per heavy atom. The van der Waals surface area contributed by atoms with E-state index in [1.807, 2.05) is 0 Å². The molecule has 0 radical (unpaired) electrons. The van der Waals surface area contributed by atoms with Crippen molar-refractivity contribution in [3.8, 4) is 11.4 Å². The minimum atomic E-state index is -4.47. The van der Waals surface area contributed by atoms with Crippen LogP contribution in [0.15, 0.2) is 38.7 Å². The molecular weight excluding hydrogens is 385 g/mol. The van der Waals surface area contributed by atoms with Crippen molar-refractivity contribution in [1.82, 2.24) is 25.0 Å². The van der Waals surface area contributed by atoms with Crippen LogP contribution in [0.3, 0.4) is 0 Å². The normalized spacial score (nSPS) is 12.9. The summed E-state index contributed by atoms with van der Waals surface area (Å²) in [4.78, 5) is 15.9. The lowest BCUT2D eigenvalue weighted by molar-refractivity contribution is -0.137. The summed E-state index contributed by atoms with van der Waals surface area (Å²) in [5.74, 6) is 5.83. The number of nitrogen functional groups attached to an aromatic ring is 1. The highest BCUT2D eigenvalue weighted by molar-refractivity contribution is 7.99. The molecule has 0 aliphatic heterocycles. The molecule has 1 aromatic carbocycles. The van der Waals surface area contributed by atoms with Gasteiger partial charge in [-0.2, -0.15) is 22.8 Å². The molecule has 0 fully saturated rings. The number of benzene rings is 1. The van der Waals surface area contributed by atoms with Crippen LogP contribution in [0, 0.1) is 6.92 Å². The Morgan fingerprint density at radius 3 is 2.74 bits per heavy atom. The van der Waals surface area contributed by atoms with Gasteiger partial charge in [0.25, 0.3) is 5.56 Å². The highest BCUT2D eigenvalue weighted by Gasteiger charge is 2.31. The molecule has 2 N–H and O–H groups in total. The topological polar surface area (TPSA) is 113 Å². The minimum Gasteiger partial charge on any atom is -0.338 e. The highest BCUT2D eigenvalue weighted by Crippen LogP contribution is 2.34. The smallest absolute Gasteiger partial charge is 0.338 e. The number of aromatic nitrogens is 5. The van der Waals surface area contributed by atoms with Crippen molar-refractivity contribution < 1.29 is 17.7 Å². The summed E-state index contributed by atoms with van der Waals surface area (Å²) in [5.41, 5.74) is -0.979. The second kappa shape index (κ2) is 7.02. The first-order valence-corrected chi connectivity index (χ1v) is 8.44. The molecule has 12 heteroatoms. The van der Waals surface area contributed by atoms with Gasteiger partial charge in [0.1, 0.15) is 5.69 Å². The molecule has 2 aromatic heterocycles. The van der Waals surface area contributed by atoms with Crippen LogP contribution in [-0.2, 0) is 6.18 Å². The van der Waals surface area contributed by atoms with E-state index in [2.05, 4.69) is 20.3 Å². The van der Waals surface area contributed by atoms with Crippen LogP contribution >= 0.6 is 11.8 Å². The summed E-state index contributed by atoms with van der Waals surface area (Å²) in [7, 11) is 0. The Balaban J connectivity index is 1.84. The Bertz CT molecular complexity index is 1030. The molecule has 0 saturated carbocycles. The second-order valence-electron chi connectivity index (χ2n) is 5.54. The molecule has 2 heterocycles. The number of alkyl halides is 3. The van der Waals surface area contributed by atoms with E-state index in [1.54, 1.807) is 6.92 Å². The predicted molar refractivity (Wildman–Crippen MR) is 90.2 cm³/mol. The molecule has 0 amide bonds. The Labute approximate surface area is 154 Å². The van der Waals surface area contributed by atoms with Crippen molar-refractivity contribution in [2.45, 2.75) is 30.4 Å². The molecule has 0 spiro atoms. The standard InChI is InChI=1S/C15H13F3N6O2S/c1-7-13(25)24(19)14(22-21-7)27-8(2)12-20-11(23-26-12)9-4-3-5-10(6-9)15(16,17)18/h3-6,8H,19H2,1-2H3. The van der Waals surface area contributed by atoms with E-state index in [0.717, 1.165) is 28.6 Å². The molecule has 0 bridgehead atoms. The van der Waals surface area contributed by atoms with Gasteiger partial charge in [0, 0.05) is 5.56 Å². The number of nitrogens with two attached hydrogens (primary N) is 1. The maximum absolute atomic E-state index is 12.8. The van der Waals surface area contributed by atoms with Crippen molar-refractivity contribution in [1.29, 1.82) is 0 Å². The monoisotopic (exact) mass is 398 g/mol. The van der Waals surface area contributed by atoms with Crippen molar-refractivity contribution in [3.05, 3.63) is 51.8 Å². The summed E-state index contributed by atoms with van der Waals surface area (Å²) in [5, 5.41) is 10.9. The molecule has 0 aliphatic carbocycles. The number of aryl methyl sites for hydroxylation is 1. The molecule has 8 nitrogen and oxygen atoms in total. The summed E-state index contributed by atoms with van der Waals surface area (Å²) >= 11 is 1.05.